The van der Waals surface area contributed by atoms with Crippen LogP contribution in [0, 0.1) is 0 Å². The van der Waals surface area contributed by atoms with Crippen molar-refractivity contribution in [1.29, 1.82) is 0 Å². The van der Waals surface area contributed by atoms with Gasteiger partial charge in [-0.15, -0.1) is 5.10 Å². The fourth-order valence-corrected chi connectivity index (χ4v) is 4.06. The molecule has 8 nitrogen and oxygen atoms in total. The third-order valence-electron chi connectivity index (χ3n) is 5.69. The molecular weight excluding hydrogens is 430 g/mol. The van der Waals surface area contributed by atoms with Gasteiger partial charge in [-0.1, -0.05) is 42.5 Å². The number of nitrogens with one attached hydrogen (secondary N) is 2. The average molecular weight is 454 g/mol. The smallest absolute Gasteiger partial charge is 0.255 e. The standard InChI is InChI=1S/C26H23N5O3/c1-16-22(25(33)28-20-10-6-7-11-21(20)34-2)23(17-8-4-3-5-9-17)31-26(27-16)29-24(30-31)18-12-14-19(32)15-13-18/h3-15,23,32H,1-2H3,(H,28,33)(H,27,29,30). The molecule has 1 aromatic heterocycles. The van der Waals surface area contributed by atoms with Crippen LogP contribution in [-0.4, -0.2) is 32.9 Å². The molecule has 0 radical (unpaired) electrons. The van der Waals surface area contributed by atoms with Crippen LogP contribution < -0.4 is 15.4 Å². The summed E-state index contributed by atoms with van der Waals surface area (Å²) in [6.07, 6.45) is 0. The maximum Gasteiger partial charge on any atom is 0.255 e. The Labute approximate surface area is 196 Å². The number of fused-ring (bicyclic) bond motifs is 1. The lowest BCUT2D eigenvalue weighted by Crippen LogP contribution is -2.31. The van der Waals surface area contributed by atoms with Crippen LogP contribution >= 0.6 is 0 Å². The van der Waals surface area contributed by atoms with Gasteiger partial charge in [0.1, 0.15) is 17.5 Å². The number of allylic oxidation sites excluding steroid dienone is 1. The molecule has 0 saturated heterocycles. The maximum atomic E-state index is 13.6. The molecule has 0 spiro atoms. The number of amides is 1. The highest BCUT2D eigenvalue weighted by molar-refractivity contribution is 6.06. The fraction of sp³-hybridized carbons (Fsp3) is 0.115. The molecular formula is C26H23N5O3. The molecule has 4 aromatic rings. The number of phenolic OH excluding ortho intramolecular Hbond substituents is 1. The monoisotopic (exact) mass is 453 g/mol. The number of carbonyl (C=O) groups excluding carboxylic acids is 1. The molecule has 3 N–H and O–H groups in total. The molecule has 3 aromatic carbocycles. The predicted molar refractivity (Wildman–Crippen MR) is 130 cm³/mol. The number of carbonyl (C=O) groups is 1. The van der Waals surface area contributed by atoms with E-state index in [0.29, 0.717) is 34.5 Å². The first-order chi connectivity index (χ1) is 16.5. The second kappa shape index (κ2) is 8.74. The van der Waals surface area contributed by atoms with E-state index >= 15 is 0 Å². The lowest BCUT2D eigenvalue weighted by molar-refractivity contribution is -0.113. The lowest BCUT2D eigenvalue weighted by atomic mass is 9.95. The van der Waals surface area contributed by atoms with Gasteiger partial charge in [0.2, 0.25) is 5.95 Å². The third kappa shape index (κ3) is 3.86. The number of phenols is 1. The zero-order valence-corrected chi connectivity index (χ0v) is 18.7. The van der Waals surface area contributed by atoms with Gasteiger partial charge in [0, 0.05) is 11.3 Å². The Morgan fingerprint density at radius 3 is 2.47 bits per heavy atom. The van der Waals surface area contributed by atoms with Gasteiger partial charge in [0.25, 0.3) is 5.91 Å². The van der Waals surface area contributed by atoms with E-state index in [1.54, 1.807) is 48.2 Å². The van der Waals surface area contributed by atoms with E-state index in [1.807, 2.05) is 49.4 Å². The quantitative estimate of drug-likeness (QED) is 0.409. The van der Waals surface area contributed by atoms with Gasteiger partial charge in [-0.2, -0.15) is 4.98 Å². The summed E-state index contributed by atoms with van der Waals surface area (Å²) in [5.74, 6) is 1.49. The van der Waals surface area contributed by atoms with E-state index in [0.717, 1.165) is 11.1 Å². The summed E-state index contributed by atoms with van der Waals surface area (Å²) in [7, 11) is 1.57. The number of para-hydroxylation sites is 2. The van der Waals surface area contributed by atoms with Crippen molar-refractivity contribution in [2.75, 3.05) is 17.7 Å². The number of methoxy groups -OCH3 is 1. The Kier molecular flexibility index (Phi) is 5.47. The van der Waals surface area contributed by atoms with Crippen molar-refractivity contribution in [3.05, 3.63) is 95.7 Å². The van der Waals surface area contributed by atoms with Gasteiger partial charge < -0.3 is 20.5 Å². The molecule has 1 amide bonds. The van der Waals surface area contributed by atoms with Crippen LogP contribution in [0.25, 0.3) is 11.4 Å². The van der Waals surface area contributed by atoms with Crippen molar-refractivity contribution in [1.82, 2.24) is 14.8 Å². The van der Waals surface area contributed by atoms with Gasteiger partial charge in [0.05, 0.1) is 18.4 Å². The van der Waals surface area contributed by atoms with Crippen LogP contribution in [0.1, 0.15) is 18.5 Å². The van der Waals surface area contributed by atoms with Crippen molar-refractivity contribution < 1.29 is 14.6 Å². The molecule has 0 bridgehead atoms. The van der Waals surface area contributed by atoms with Gasteiger partial charge in [-0.25, -0.2) is 4.68 Å². The molecule has 0 aliphatic carbocycles. The van der Waals surface area contributed by atoms with Gasteiger partial charge in [0.15, 0.2) is 5.82 Å². The van der Waals surface area contributed by atoms with Crippen molar-refractivity contribution in [2.45, 2.75) is 13.0 Å². The minimum Gasteiger partial charge on any atom is -0.508 e. The molecule has 0 fully saturated rings. The molecule has 1 aliphatic heterocycles. The van der Waals surface area contributed by atoms with E-state index < -0.39 is 6.04 Å². The Balaban J connectivity index is 1.58. The number of hydrogen-bond acceptors (Lipinski definition) is 6. The van der Waals surface area contributed by atoms with Crippen LogP contribution in [0.2, 0.25) is 0 Å². The average Bonchev–Trinajstić information content (AvgIpc) is 3.28. The Morgan fingerprint density at radius 2 is 1.74 bits per heavy atom. The van der Waals surface area contributed by atoms with Crippen molar-refractivity contribution in [2.24, 2.45) is 0 Å². The molecule has 34 heavy (non-hydrogen) atoms. The Morgan fingerprint density at radius 1 is 1.03 bits per heavy atom. The van der Waals surface area contributed by atoms with Crippen molar-refractivity contribution in [3.63, 3.8) is 0 Å². The largest absolute Gasteiger partial charge is 0.508 e. The number of hydrogen-bond donors (Lipinski definition) is 3. The molecule has 170 valence electrons. The number of aromatic nitrogens is 3. The molecule has 1 aliphatic rings. The molecule has 1 unspecified atom stereocenters. The SMILES string of the molecule is COc1ccccc1NC(=O)C1=C(C)Nc2nc(-c3ccc(O)cc3)nn2C1c1ccccc1. The van der Waals surface area contributed by atoms with Crippen LogP contribution in [0.15, 0.2) is 90.1 Å². The van der Waals surface area contributed by atoms with E-state index in [9.17, 15) is 9.90 Å². The van der Waals surface area contributed by atoms with Crippen LogP contribution in [0.4, 0.5) is 11.6 Å². The van der Waals surface area contributed by atoms with Gasteiger partial charge >= 0.3 is 0 Å². The lowest BCUT2D eigenvalue weighted by Gasteiger charge is -2.28. The first kappa shape index (κ1) is 21.3. The number of nitrogens with zero attached hydrogens (tertiary/aromatic N) is 3. The highest BCUT2D eigenvalue weighted by atomic mass is 16.5. The summed E-state index contributed by atoms with van der Waals surface area (Å²) < 4.78 is 7.12. The molecule has 8 heteroatoms. The van der Waals surface area contributed by atoms with E-state index in [2.05, 4.69) is 15.6 Å². The summed E-state index contributed by atoms with van der Waals surface area (Å²) in [4.78, 5) is 18.3. The number of anilines is 2. The number of aromatic hydroxyl groups is 1. The van der Waals surface area contributed by atoms with Crippen LogP contribution in [0.5, 0.6) is 11.5 Å². The second-order valence-corrected chi connectivity index (χ2v) is 7.88. The highest BCUT2D eigenvalue weighted by Crippen LogP contribution is 2.37. The van der Waals surface area contributed by atoms with E-state index in [4.69, 9.17) is 9.84 Å². The Hall–Kier alpha value is -4.59. The highest BCUT2D eigenvalue weighted by Gasteiger charge is 2.34. The second-order valence-electron chi connectivity index (χ2n) is 7.88. The van der Waals surface area contributed by atoms with E-state index in [-0.39, 0.29) is 11.7 Å². The zero-order valence-electron chi connectivity index (χ0n) is 18.7. The summed E-state index contributed by atoms with van der Waals surface area (Å²) in [5, 5.41) is 20.6. The summed E-state index contributed by atoms with van der Waals surface area (Å²) in [6.45, 7) is 1.85. The molecule has 1 atom stereocenters. The Bertz CT molecular complexity index is 1380. The number of benzene rings is 3. The topological polar surface area (TPSA) is 101 Å². The molecule has 0 saturated carbocycles. The third-order valence-corrected chi connectivity index (χ3v) is 5.69. The first-order valence-corrected chi connectivity index (χ1v) is 10.8. The van der Waals surface area contributed by atoms with Crippen LogP contribution in [-0.2, 0) is 4.79 Å². The number of rotatable bonds is 5. The maximum absolute atomic E-state index is 13.6. The summed E-state index contributed by atoms with van der Waals surface area (Å²) in [6, 6.07) is 23.2. The minimum atomic E-state index is -0.495. The molecule has 2 heterocycles. The normalized spacial score (nSPS) is 14.8. The van der Waals surface area contributed by atoms with Crippen molar-refractivity contribution >= 4 is 17.5 Å². The first-order valence-electron chi connectivity index (χ1n) is 10.8. The van der Waals surface area contributed by atoms with Gasteiger partial charge in [-0.05, 0) is 48.9 Å². The summed E-state index contributed by atoms with van der Waals surface area (Å²) >= 11 is 0. The zero-order chi connectivity index (χ0) is 23.7. The van der Waals surface area contributed by atoms with Gasteiger partial charge in [-0.3, -0.25) is 4.79 Å². The molecule has 5 rings (SSSR count). The van der Waals surface area contributed by atoms with Crippen LogP contribution in [0.3, 0.4) is 0 Å². The predicted octanol–water partition coefficient (Wildman–Crippen LogP) is 4.59. The fourth-order valence-electron chi connectivity index (χ4n) is 4.06. The minimum absolute atomic E-state index is 0.167. The number of ether oxygens (including phenoxy) is 1. The van der Waals surface area contributed by atoms with Crippen molar-refractivity contribution in [3.8, 4) is 22.9 Å². The summed E-state index contributed by atoms with van der Waals surface area (Å²) in [5.41, 5.74) is 3.43. The van der Waals surface area contributed by atoms with E-state index in [1.165, 1.54) is 0 Å².